The molecule has 0 saturated heterocycles. The Morgan fingerprint density at radius 2 is 2.22 bits per heavy atom. The van der Waals surface area contributed by atoms with E-state index in [4.69, 9.17) is 9.47 Å². The SMILES string of the molecule is CN(Cc1cc2n(n1)CCNC2)C[C@@H]1COc2ccccc2O1. The average molecular weight is 314 g/mol. The molecule has 1 atom stereocenters. The summed E-state index contributed by atoms with van der Waals surface area (Å²) in [6, 6.07) is 10.0. The van der Waals surface area contributed by atoms with Crippen LogP contribution in [0.3, 0.4) is 0 Å². The number of nitrogens with zero attached hydrogens (tertiary/aromatic N) is 3. The van der Waals surface area contributed by atoms with Gasteiger partial charge in [-0.3, -0.25) is 9.58 Å². The fourth-order valence-electron chi connectivity index (χ4n) is 3.17. The van der Waals surface area contributed by atoms with Crippen molar-refractivity contribution < 1.29 is 9.47 Å². The molecule has 4 rings (SSSR count). The van der Waals surface area contributed by atoms with E-state index in [1.807, 2.05) is 24.3 Å². The van der Waals surface area contributed by atoms with E-state index in [0.29, 0.717) is 6.61 Å². The van der Waals surface area contributed by atoms with Crippen LogP contribution in [0.25, 0.3) is 0 Å². The van der Waals surface area contributed by atoms with E-state index in [-0.39, 0.29) is 6.10 Å². The van der Waals surface area contributed by atoms with E-state index in [1.165, 1.54) is 5.69 Å². The molecule has 6 heteroatoms. The highest BCUT2D eigenvalue weighted by molar-refractivity contribution is 5.40. The number of rotatable bonds is 4. The maximum Gasteiger partial charge on any atom is 0.161 e. The van der Waals surface area contributed by atoms with E-state index >= 15 is 0 Å². The number of benzene rings is 1. The Bertz CT molecular complexity index is 661. The second-order valence-electron chi connectivity index (χ2n) is 6.22. The first-order valence-electron chi connectivity index (χ1n) is 8.11. The van der Waals surface area contributed by atoms with E-state index in [1.54, 1.807) is 0 Å². The molecule has 0 bridgehead atoms. The van der Waals surface area contributed by atoms with Crippen molar-refractivity contribution in [3.8, 4) is 11.5 Å². The van der Waals surface area contributed by atoms with Crippen molar-refractivity contribution >= 4 is 0 Å². The fraction of sp³-hybridized carbons (Fsp3) is 0.471. The number of hydrogen-bond acceptors (Lipinski definition) is 5. The van der Waals surface area contributed by atoms with Gasteiger partial charge in [0.05, 0.1) is 17.9 Å². The van der Waals surface area contributed by atoms with Gasteiger partial charge < -0.3 is 14.8 Å². The number of nitrogens with one attached hydrogen (secondary N) is 1. The van der Waals surface area contributed by atoms with Crippen LogP contribution in [-0.4, -0.2) is 47.5 Å². The first kappa shape index (κ1) is 14.5. The van der Waals surface area contributed by atoms with Crippen molar-refractivity contribution in [1.82, 2.24) is 20.0 Å². The summed E-state index contributed by atoms with van der Waals surface area (Å²) in [4.78, 5) is 2.24. The lowest BCUT2D eigenvalue weighted by molar-refractivity contribution is 0.0635. The molecule has 1 N–H and O–H groups in total. The summed E-state index contributed by atoms with van der Waals surface area (Å²) >= 11 is 0. The largest absolute Gasteiger partial charge is 0.486 e. The topological polar surface area (TPSA) is 51.6 Å². The summed E-state index contributed by atoms with van der Waals surface area (Å²) in [5, 5.41) is 8.05. The molecule has 0 fully saturated rings. The summed E-state index contributed by atoms with van der Waals surface area (Å²) in [7, 11) is 2.10. The maximum atomic E-state index is 6.02. The predicted octanol–water partition coefficient (Wildman–Crippen LogP) is 1.26. The van der Waals surface area contributed by atoms with Crippen molar-refractivity contribution in [3.05, 3.63) is 41.7 Å². The second-order valence-corrected chi connectivity index (χ2v) is 6.22. The van der Waals surface area contributed by atoms with Crippen LogP contribution < -0.4 is 14.8 Å². The highest BCUT2D eigenvalue weighted by atomic mass is 16.6. The third-order valence-corrected chi connectivity index (χ3v) is 4.24. The molecular formula is C17H22N4O2. The van der Waals surface area contributed by atoms with Crippen LogP contribution in [-0.2, 0) is 19.6 Å². The quantitative estimate of drug-likeness (QED) is 0.921. The molecule has 1 aromatic carbocycles. The fourth-order valence-corrected chi connectivity index (χ4v) is 3.17. The molecule has 0 aliphatic carbocycles. The Balaban J connectivity index is 1.35. The van der Waals surface area contributed by atoms with Gasteiger partial charge in [0.2, 0.25) is 0 Å². The van der Waals surface area contributed by atoms with Gasteiger partial charge in [-0.25, -0.2) is 0 Å². The number of para-hydroxylation sites is 2. The number of fused-ring (bicyclic) bond motifs is 2. The third-order valence-electron chi connectivity index (χ3n) is 4.24. The Labute approximate surface area is 136 Å². The number of likely N-dealkylation sites (N-methyl/N-ethyl adjacent to an activating group) is 1. The number of hydrogen-bond donors (Lipinski definition) is 1. The summed E-state index contributed by atoms with van der Waals surface area (Å²) in [6.07, 6.45) is 0.0498. The van der Waals surface area contributed by atoms with Crippen LogP contribution >= 0.6 is 0 Å². The van der Waals surface area contributed by atoms with Gasteiger partial charge in [0.1, 0.15) is 12.7 Å². The van der Waals surface area contributed by atoms with Gasteiger partial charge in [-0.05, 0) is 25.2 Å². The van der Waals surface area contributed by atoms with Crippen molar-refractivity contribution in [2.45, 2.75) is 25.7 Å². The van der Waals surface area contributed by atoms with Gasteiger partial charge in [-0.15, -0.1) is 0 Å². The van der Waals surface area contributed by atoms with Gasteiger partial charge in [0.25, 0.3) is 0 Å². The Kier molecular flexibility index (Phi) is 3.93. The minimum Gasteiger partial charge on any atom is -0.486 e. The molecule has 0 unspecified atom stereocenters. The van der Waals surface area contributed by atoms with Crippen LogP contribution in [0.2, 0.25) is 0 Å². The highest BCUT2D eigenvalue weighted by Gasteiger charge is 2.22. The molecule has 23 heavy (non-hydrogen) atoms. The summed E-state index contributed by atoms with van der Waals surface area (Å²) in [6.45, 7) is 5.08. The maximum absolute atomic E-state index is 6.02. The third kappa shape index (κ3) is 3.18. The number of ether oxygens (including phenoxy) is 2. The van der Waals surface area contributed by atoms with Gasteiger partial charge in [0.15, 0.2) is 11.5 Å². The molecule has 3 heterocycles. The lowest BCUT2D eigenvalue weighted by Gasteiger charge is -2.29. The van der Waals surface area contributed by atoms with E-state index < -0.39 is 0 Å². The van der Waals surface area contributed by atoms with E-state index in [2.05, 4.69) is 33.1 Å². The molecule has 6 nitrogen and oxygen atoms in total. The zero-order valence-electron chi connectivity index (χ0n) is 13.4. The second kappa shape index (κ2) is 6.22. The summed E-state index contributed by atoms with van der Waals surface area (Å²) in [5.74, 6) is 1.67. The zero-order valence-corrected chi connectivity index (χ0v) is 13.4. The molecule has 2 aromatic rings. The minimum atomic E-state index is 0.0498. The van der Waals surface area contributed by atoms with Crippen molar-refractivity contribution in [3.63, 3.8) is 0 Å². The number of aromatic nitrogens is 2. The van der Waals surface area contributed by atoms with Crippen molar-refractivity contribution in [1.29, 1.82) is 0 Å². The molecule has 0 amide bonds. The highest BCUT2D eigenvalue weighted by Crippen LogP contribution is 2.31. The molecule has 0 spiro atoms. The Hall–Kier alpha value is -2.05. The van der Waals surface area contributed by atoms with Crippen LogP contribution in [0.4, 0.5) is 0 Å². The minimum absolute atomic E-state index is 0.0498. The van der Waals surface area contributed by atoms with Crippen LogP contribution in [0.5, 0.6) is 11.5 Å². The van der Waals surface area contributed by atoms with Crippen LogP contribution in [0, 0.1) is 0 Å². The lowest BCUT2D eigenvalue weighted by atomic mass is 10.2. The lowest BCUT2D eigenvalue weighted by Crippen LogP contribution is -2.39. The Morgan fingerprint density at radius 1 is 1.35 bits per heavy atom. The standard InChI is InChI=1S/C17H22N4O2/c1-20(10-13-8-14-9-18-6-7-21(14)19-13)11-15-12-22-16-4-2-3-5-17(16)23-15/h2-5,8,15,18H,6-7,9-12H2,1H3/t15-/m1/s1. The van der Waals surface area contributed by atoms with Gasteiger partial charge in [0, 0.05) is 26.2 Å². The first-order valence-corrected chi connectivity index (χ1v) is 8.11. The predicted molar refractivity (Wildman–Crippen MR) is 86.6 cm³/mol. The van der Waals surface area contributed by atoms with E-state index in [0.717, 1.165) is 49.9 Å². The first-order chi connectivity index (χ1) is 11.3. The van der Waals surface area contributed by atoms with Crippen molar-refractivity contribution in [2.75, 3.05) is 26.7 Å². The van der Waals surface area contributed by atoms with Crippen LogP contribution in [0.1, 0.15) is 11.4 Å². The van der Waals surface area contributed by atoms with Crippen LogP contribution in [0.15, 0.2) is 30.3 Å². The average Bonchev–Trinajstić information content (AvgIpc) is 2.96. The van der Waals surface area contributed by atoms with Gasteiger partial charge >= 0.3 is 0 Å². The molecular weight excluding hydrogens is 292 g/mol. The monoisotopic (exact) mass is 314 g/mol. The normalized spacial score (nSPS) is 19.7. The van der Waals surface area contributed by atoms with Gasteiger partial charge in [-0.2, -0.15) is 5.10 Å². The molecule has 2 aliphatic heterocycles. The van der Waals surface area contributed by atoms with Gasteiger partial charge in [-0.1, -0.05) is 12.1 Å². The zero-order chi connectivity index (χ0) is 15.6. The molecule has 0 radical (unpaired) electrons. The van der Waals surface area contributed by atoms with Crippen molar-refractivity contribution in [2.24, 2.45) is 0 Å². The van der Waals surface area contributed by atoms with E-state index in [9.17, 15) is 0 Å². The Morgan fingerprint density at radius 3 is 3.09 bits per heavy atom. The molecule has 0 saturated carbocycles. The summed E-state index contributed by atoms with van der Waals surface area (Å²) in [5.41, 5.74) is 2.38. The molecule has 2 aliphatic rings. The molecule has 122 valence electrons. The summed E-state index contributed by atoms with van der Waals surface area (Å²) < 4.78 is 13.9. The smallest absolute Gasteiger partial charge is 0.161 e. The molecule has 1 aromatic heterocycles.